The standard InChI is InChI=1S/C22H26ClN3O2S/c1-13-5-14(23)6-18(17(13)7-15-9-24-11-22(2,3)28-15)20-21-19(25-12-26-20)8-16(29-21)10-27-4/h5-6,8,12,15,24H,7,9-11H2,1-4H3. The molecule has 0 bridgehead atoms. The topological polar surface area (TPSA) is 56.3 Å². The fourth-order valence-electron chi connectivity index (χ4n) is 3.97. The zero-order valence-corrected chi connectivity index (χ0v) is 18.8. The number of nitrogens with zero attached hydrogens (tertiary/aromatic N) is 2. The molecule has 2 aromatic heterocycles. The van der Waals surface area contributed by atoms with E-state index in [1.807, 2.05) is 12.1 Å². The summed E-state index contributed by atoms with van der Waals surface area (Å²) in [4.78, 5) is 10.2. The highest BCUT2D eigenvalue weighted by atomic mass is 35.5. The minimum Gasteiger partial charge on any atom is -0.379 e. The fraction of sp³-hybridized carbons (Fsp3) is 0.455. The van der Waals surface area contributed by atoms with Crippen LogP contribution >= 0.6 is 22.9 Å². The van der Waals surface area contributed by atoms with Crippen LogP contribution < -0.4 is 5.32 Å². The second-order valence-electron chi connectivity index (χ2n) is 8.17. The number of aromatic nitrogens is 2. The van der Waals surface area contributed by atoms with E-state index in [1.165, 1.54) is 5.56 Å². The first-order chi connectivity index (χ1) is 13.9. The number of hydrogen-bond donors (Lipinski definition) is 1. The average molecular weight is 432 g/mol. The maximum Gasteiger partial charge on any atom is 0.116 e. The molecule has 1 unspecified atom stereocenters. The van der Waals surface area contributed by atoms with Gasteiger partial charge in [0.2, 0.25) is 0 Å². The van der Waals surface area contributed by atoms with Gasteiger partial charge in [-0.3, -0.25) is 0 Å². The molecular formula is C22H26ClN3O2S. The van der Waals surface area contributed by atoms with Crippen molar-refractivity contribution in [3.8, 4) is 11.3 Å². The SMILES string of the molecule is COCc1cc2ncnc(-c3cc(Cl)cc(C)c3CC3CNCC(C)(C)O3)c2s1. The highest BCUT2D eigenvalue weighted by Crippen LogP contribution is 2.37. The molecule has 0 aliphatic carbocycles. The van der Waals surface area contributed by atoms with Crippen LogP contribution in [0.3, 0.4) is 0 Å². The van der Waals surface area contributed by atoms with Crippen molar-refractivity contribution in [1.29, 1.82) is 0 Å². The molecule has 1 atom stereocenters. The maximum atomic E-state index is 6.46. The predicted octanol–water partition coefficient (Wildman–Crippen LogP) is 4.78. The van der Waals surface area contributed by atoms with Gasteiger partial charge in [0.05, 0.1) is 34.2 Å². The Morgan fingerprint density at radius 2 is 2.14 bits per heavy atom. The van der Waals surface area contributed by atoms with Crippen LogP contribution in [-0.4, -0.2) is 41.9 Å². The number of fused-ring (bicyclic) bond motifs is 1. The van der Waals surface area contributed by atoms with E-state index in [9.17, 15) is 0 Å². The normalized spacial score (nSPS) is 19.0. The summed E-state index contributed by atoms with van der Waals surface area (Å²) in [6, 6.07) is 6.11. The van der Waals surface area contributed by atoms with Crippen molar-refractivity contribution in [1.82, 2.24) is 15.3 Å². The zero-order chi connectivity index (χ0) is 20.6. The lowest BCUT2D eigenvalue weighted by Crippen LogP contribution is -2.51. The van der Waals surface area contributed by atoms with Crippen LogP contribution in [0.5, 0.6) is 0 Å². The van der Waals surface area contributed by atoms with Crippen molar-refractivity contribution < 1.29 is 9.47 Å². The van der Waals surface area contributed by atoms with Gasteiger partial charge in [-0.15, -0.1) is 11.3 Å². The highest BCUT2D eigenvalue weighted by molar-refractivity contribution is 7.19. The first kappa shape index (κ1) is 20.7. The molecule has 4 rings (SSSR count). The molecule has 0 saturated carbocycles. The summed E-state index contributed by atoms with van der Waals surface area (Å²) >= 11 is 8.14. The summed E-state index contributed by atoms with van der Waals surface area (Å²) in [6.07, 6.45) is 2.53. The van der Waals surface area contributed by atoms with Gasteiger partial charge in [-0.05, 0) is 50.1 Å². The van der Waals surface area contributed by atoms with Gasteiger partial charge >= 0.3 is 0 Å². The number of hydrogen-bond acceptors (Lipinski definition) is 6. The Hall–Kier alpha value is -1.57. The van der Waals surface area contributed by atoms with E-state index in [4.69, 9.17) is 21.1 Å². The number of nitrogens with one attached hydrogen (secondary N) is 1. The Morgan fingerprint density at radius 3 is 2.90 bits per heavy atom. The Bertz CT molecular complexity index is 1030. The molecule has 1 aromatic carbocycles. The molecule has 1 N–H and O–H groups in total. The van der Waals surface area contributed by atoms with Gasteiger partial charge in [0, 0.05) is 42.1 Å². The van der Waals surface area contributed by atoms with E-state index in [0.29, 0.717) is 11.6 Å². The summed E-state index contributed by atoms with van der Waals surface area (Å²) in [6.45, 7) is 8.62. The molecule has 0 radical (unpaired) electrons. The van der Waals surface area contributed by atoms with Crippen molar-refractivity contribution >= 4 is 33.2 Å². The monoisotopic (exact) mass is 431 g/mol. The van der Waals surface area contributed by atoms with Crippen LogP contribution in [-0.2, 0) is 22.5 Å². The second kappa shape index (κ2) is 8.28. The molecule has 1 saturated heterocycles. The largest absolute Gasteiger partial charge is 0.379 e. The first-order valence-electron chi connectivity index (χ1n) is 9.76. The van der Waals surface area contributed by atoms with Gasteiger partial charge in [0.15, 0.2) is 0 Å². The minimum atomic E-state index is -0.172. The van der Waals surface area contributed by atoms with Crippen LogP contribution in [0.4, 0.5) is 0 Å². The number of rotatable bonds is 5. The fourth-order valence-corrected chi connectivity index (χ4v) is 5.33. The molecule has 7 heteroatoms. The lowest BCUT2D eigenvalue weighted by Gasteiger charge is -2.37. The molecule has 1 fully saturated rings. The molecule has 0 amide bonds. The first-order valence-corrected chi connectivity index (χ1v) is 11.0. The van der Waals surface area contributed by atoms with Crippen molar-refractivity contribution in [2.45, 2.75) is 45.5 Å². The summed E-state index contributed by atoms with van der Waals surface area (Å²) in [5.41, 5.74) is 5.12. The summed E-state index contributed by atoms with van der Waals surface area (Å²) in [5, 5.41) is 4.21. The molecule has 5 nitrogen and oxygen atoms in total. The number of morpholine rings is 1. The molecule has 3 heterocycles. The molecule has 1 aliphatic heterocycles. The number of halogens is 1. The Kier molecular flexibility index (Phi) is 5.91. The predicted molar refractivity (Wildman–Crippen MR) is 119 cm³/mol. The highest BCUT2D eigenvalue weighted by Gasteiger charge is 2.29. The average Bonchev–Trinajstić information content (AvgIpc) is 3.06. The van der Waals surface area contributed by atoms with Crippen molar-refractivity contribution in [3.05, 3.63) is 45.6 Å². The van der Waals surface area contributed by atoms with E-state index in [-0.39, 0.29) is 11.7 Å². The van der Waals surface area contributed by atoms with Crippen LogP contribution in [0.1, 0.15) is 29.9 Å². The number of thiophene rings is 1. The number of ether oxygens (including phenoxy) is 2. The van der Waals surface area contributed by atoms with Gasteiger partial charge in [-0.1, -0.05) is 11.6 Å². The molecule has 0 spiro atoms. The van der Waals surface area contributed by atoms with Gasteiger partial charge < -0.3 is 14.8 Å². The van der Waals surface area contributed by atoms with Crippen molar-refractivity contribution in [2.75, 3.05) is 20.2 Å². The van der Waals surface area contributed by atoms with E-state index in [0.717, 1.165) is 51.4 Å². The van der Waals surface area contributed by atoms with Crippen molar-refractivity contribution in [3.63, 3.8) is 0 Å². The van der Waals surface area contributed by atoms with Gasteiger partial charge in [0.25, 0.3) is 0 Å². The maximum absolute atomic E-state index is 6.46. The third-order valence-corrected chi connectivity index (χ3v) is 6.50. The molecule has 29 heavy (non-hydrogen) atoms. The molecular weight excluding hydrogens is 406 g/mol. The molecule has 3 aromatic rings. The van der Waals surface area contributed by atoms with Gasteiger partial charge in [0.1, 0.15) is 6.33 Å². The Balaban J connectivity index is 1.79. The van der Waals surface area contributed by atoms with Gasteiger partial charge in [-0.25, -0.2) is 9.97 Å². The Morgan fingerprint density at radius 1 is 1.31 bits per heavy atom. The smallest absolute Gasteiger partial charge is 0.116 e. The van der Waals surface area contributed by atoms with Crippen LogP contribution in [0.15, 0.2) is 24.5 Å². The zero-order valence-electron chi connectivity index (χ0n) is 17.2. The molecule has 1 aliphatic rings. The number of methoxy groups -OCH3 is 1. The lowest BCUT2D eigenvalue weighted by atomic mass is 9.93. The van der Waals surface area contributed by atoms with Crippen molar-refractivity contribution in [2.24, 2.45) is 0 Å². The summed E-state index contributed by atoms with van der Waals surface area (Å²) in [7, 11) is 1.70. The number of benzene rings is 1. The quantitative estimate of drug-likeness (QED) is 0.630. The van der Waals surface area contributed by atoms with Crippen LogP contribution in [0, 0.1) is 6.92 Å². The van der Waals surface area contributed by atoms with E-state index in [1.54, 1.807) is 24.8 Å². The van der Waals surface area contributed by atoms with E-state index >= 15 is 0 Å². The molecule has 154 valence electrons. The van der Waals surface area contributed by atoms with Crippen LogP contribution in [0.25, 0.3) is 21.5 Å². The van der Waals surface area contributed by atoms with E-state index in [2.05, 4.69) is 42.1 Å². The van der Waals surface area contributed by atoms with E-state index < -0.39 is 0 Å². The third kappa shape index (κ3) is 4.47. The Labute approximate surface area is 180 Å². The third-order valence-electron chi connectivity index (χ3n) is 5.18. The summed E-state index contributed by atoms with van der Waals surface area (Å²) in [5.74, 6) is 0. The lowest BCUT2D eigenvalue weighted by molar-refractivity contribution is -0.0928. The summed E-state index contributed by atoms with van der Waals surface area (Å²) < 4.78 is 12.7. The minimum absolute atomic E-state index is 0.0992. The van der Waals surface area contributed by atoms with Gasteiger partial charge in [-0.2, -0.15) is 0 Å². The second-order valence-corrected chi connectivity index (χ2v) is 9.74. The number of aryl methyl sites for hydroxylation is 1. The van der Waals surface area contributed by atoms with Crippen LogP contribution in [0.2, 0.25) is 5.02 Å².